The van der Waals surface area contributed by atoms with Gasteiger partial charge in [-0.1, -0.05) is 20.8 Å². The Labute approximate surface area is 159 Å². The minimum Gasteiger partial charge on any atom is -0.542 e. The molecule has 0 N–H and O–H groups in total. The first-order valence-corrected chi connectivity index (χ1v) is 12.4. The van der Waals surface area contributed by atoms with Gasteiger partial charge >= 0.3 is 0 Å². The molecule has 3 rings (SSSR count). The third-order valence-electron chi connectivity index (χ3n) is 5.11. The molecule has 0 aliphatic heterocycles. The Morgan fingerprint density at radius 1 is 1.00 bits per heavy atom. The van der Waals surface area contributed by atoms with Crippen LogP contribution in [0, 0.1) is 5.82 Å². The summed E-state index contributed by atoms with van der Waals surface area (Å²) in [7, 11) is -0.403. The highest BCUT2D eigenvalue weighted by molar-refractivity contribution is 7.22. The Bertz CT molecular complexity index is 941. The zero-order chi connectivity index (χ0) is 19.1. The Morgan fingerprint density at radius 3 is 2.35 bits per heavy atom. The molecule has 1 aromatic heterocycles. The predicted octanol–water partition coefficient (Wildman–Crippen LogP) is 7.10. The average Bonchev–Trinajstić information content (AvgIpc) is 2.98. The summed E-state index contributed by atoms with van der Waals surface area (Å²) < 4.78 is 27.2. The van der Waals surface area contributed by atoms with Gasteiger partial charge in [-0.2, -0.15) is 0 Å². The molecule has 0 saturated carbocycles. The number of halogens is 1. The molecule has 0 radical (unpaired) electrons. The molecule has 138 valence electrons. The van der Waals surface area contributed by atoms with Crippen molar-refractivity contribution < 1.29 is 13.6 Å². The second kappa shape index (κ2) is 6.71. The van der Waals surface area contributed by atoms with Crippen LogP contribution in [0.4, 0.5) is 4.39 Å². The molecule has 0 spiro atoms. The van der Waals surface area contributed by atoms with Gasteiger partial charge in [0.25, 0.3) is 8.32 Å². The Balaban J connectivity index is 1.92. The lowest BCUT2D eigenvalue weighted by atomic mass is 10.1. The van der Waals surface area contributed by atoms with Gasteiger partial charge in [-0.15, -0.1) is 11.3 Å². The van der Waals surface area contributed by atoms with Crippen LogP contribution in [0.2, 0.25) is 18.1 Å². The lowest BCUT2D eigenvalue weighted by Gasteiger charge is -2.36. The SMILES string of the molecule is COc1ccc2cc(-c3ccc(O[Si](C)(C)C(C)(C)C)c(F)c3)sc2c1. The Morgan fingerprint density at radius 2 is 1.73 bits per heavy atom. The van der Waals surface area contributed by atoms with Gasteiger partial charge in [0.15, 0.2) is 5.82 Å². The highest BCUT2D eigenvalue weighted by Gasteiger charge is 2.39. The normalized spacial score (nSPS) is 12.4. The molecule has 0 saturated heterocycles. The topological polar surface area (TPSA) is 18.5 Å². The van der Waals surface area contributed by atoms with E-state index in [-0.39, 0.29) is 10.9 Å². The molecule has 0 fully saturated rings. The van der Waals surface area contributed by atoms with Crippen molar-refractivity contribution in [3.63, 3.8) is 0 Å². The highest BCUT2D eigenvalue weighted by atomic mass is 32.1. The van der Waals surface area contributed by atoms with Crippen molar-refractivity contribution in [3.8, 4) is 21.9 Å². The van der Waals surface area contributed by atoms with Crippen molar-refractivity contribution in [2.24, 2.45) is 0 Å². The first kappa shape index (κ1) is 18.9. The van der Waals surface area contributed by atoms with E-state index >= 15 is 0 Å². The molecule has 0 aliphatic rings. The molecule has 0 atom stereocenters. The van der Waals surface area contributed by atoms with E-state index in [1.54, 1.807) is 30.6 Å². The fourth-order valence-corrected chi connectivity index (χ4v) is 4.55. The lowest BCUT2D eigenvalue weighted by molar-refractivity contribution is 0.415. The van der Waals surface area contributed by atoms with Crippen LogP contribution >= 0.6 is 11.3 Å². The van der Waals surface area contributed by atoms with E-state index in [1.807, 2.05) is 24.3 Å². The Hall–Kier alpha value is -1.85. The van der Waals surface area contributed by atoms with E-state index in [0.717, 1.165) is 26.3 Å². The summed E-state index contributed by atoms with van der Waals surface area (Å²) in [6.07, 6.45) is 0. The molecule has 3 aromatic rings. The predicted molar refractivity (Wildman–Crippen MR) is 112 cm³/mol. The van der Waals surface area contributed by atoms with Gasteiger partial charge in [0.05, 0.1) is 7.11 Å². The van der Waals surface area contributed by atoms with E-state index in [1.165, 1.54) is 0 Å². The van der Waals surface area contributed by atoms with Crippen molar-refractivity contribution in [1.82, 2.24) is 0 Å². The second-order valence-corrected chi connectivity index (χ2v) is 13.8. The summed E-state index contributed by atoms with van der Waals surface area (Å²) in [6, 6.07) is 13.3. The molecule has 0 amide bonds. The maximum Gasteiger partial charge on any atom is 0.250 e. The molecule has 1 heterocycles. The maximum absolute atomic E-state index is 14.7. The summed E-state index contributed by atoms with van der Waals surface area (Å²) in [4.78, 5) is 1.03. The van der Waals surface area contributed by atoms with Crippen molar-refractivity contribution in [2.45, 2.75) is 38.9 Å². The number of hydrogen-bond acceptors (Lipinski definition) is 3. The molecule has 2 aromatic carbocycles. The monoisotopic (exact) mass is 388 g/mol. The van der Waals surface area contributed by atoms with Crippen LogP contribution in [0.1, 0.15) is 20.8 Å². The van der Waals surface area contributed by atoms with Crippen LogP contribution in [-0.4, -0.2) is 15.4 Å². The first-order valence-electron chi connectivity index (χ1n) is 8.67. The zero-order valence-corrected chi connectivity index (χ0v) is 18.0. The van der Waals surface area contributed by atoms with E-state index in [9.17, 15) is 4.39 Å². The van der Waals surface area contributed by atoms with Gasteiger partial charge in [-0.25, -0.2) is 4.39 Å². The van der Waals surface area contributed by atoms with Gasteiger partial charge in [0.1, 0.15) is 11.5 Å². The van der Waals surface area contributed by atoms with Crippen LogP contribution in [0.25, 0.3) is 20.5 Å². The van der Waals surface area contributed by atoms with Crippen LogP contribution in [0.5, 0.6) is 11.5 Å². The summed E-state index contributed by atoms with van der Waals surface area (Å²) in [5, 5.41) is 1.16. The van der Waals surface area contributed by atoms with E-state index in [4.69, 9.17) is 9.16 Å². The van der Waals surface area contributed by atoms with Crippen LogP contribution in [-0.2, 0) is 0 Å². The molecular weight excluding hydrogens is 363 g/mol. The van der Waals surface area contributed by atoms with Gasteiger partial charge in [-0.3, -0.25) is 0 Å². The lowest BCUT2D eigenvalue weighted by Crippen LogP contribution is -2.44. The zero-order valence-electron chi connectivity index (χ0n) is 16.1. The first-order chi connectivity index (χ1) is 12.1. The summed E-state index contributed by atoms with van der Waals surface area (Å²) >= 11 is 1.63. The van der Waals surface area contributed by atoms with Crippen molar-refractivity contribution in [1.29, 1.82) is 0 Å². The second-order valence-electron chi connectivity index (χ2n) is 8.02. The third kappa shape index (κ3) is 3.64. The number of fused-ring (bicyclic) bond motifs is 1. The fourth-order valence-electron chi connectivity index (χ4n) is 2.45. The number of thiophene rings is 1. The smallest absolute Gasteiger partial charge is 0.250 e. The highest BCUT2D eigenvalue weighted by Crippen LogP contribution is 2.40. The molecule has 26 heavy (non-hydrogen) atoms. The third-order valence-corrected chi connectivity index (χ3v) is 10.6. The Kier molecular flexibility index (Phi) is 4.88. The van der Waals surface area contributed by atoms with Gasteiger partial charge < -0.3 is 9.16 Å². The van der Waals surface area contributed by atoms with Crippen molar-refractivity contribution in [3.05, 3.63) is 48.3 Å². The standard InChI is InChI=1S/C21H25FO2SSi/c1-21(2,3)26(5,6)24-18-10-8-14(11-17(18)22)19-12-15-7-9-16(23-4)13-20(15)25-19/h7-13H,1-6H3. The largest absolute Gasteiger partial charge is 0.542 e. The molecule has 0 bridgehead atoms. The summed E-state index contributed by atoms with van der Waals surface area (Å²) in [5.74, 6) is 0.876. The molecule has 2 nitrogen and oxygen atoms in total. The average molecular weight is 389 g/mol. The van der Waals surface area contributed by atoms with Crippen molar-refractivity contribution >= 4 is 29.7 Å². The van der Waals surface area contributed by atoms with E-state index in [2.05, 4.69) is 39.9 Å². The molecule has 5 heteroatoms. The quantitative estimate of drug-likeness (QED) is 0.444. The fraction of sp³-hybridized carbons (Fsp3) is 0.333. The number of hydrogen-bond donors (Lipinski definition) is 0. The number of rotatable bonds is 4. The summed E-state index contributed by atoms with van der Waals surface area (Å²) in [6.45, 7) is 10.7. The van der Waals surface area contributed by atoms with Gasteiger partial charge in [-0.05, 0) is 71.5 Å². The van der Waals surface area contributed by atoms with Crippen LogP contribution in [0.3, 0.4) is 0 Å². The molecule has 0 unspecified atom stereocenters. The van der Waals surface area contributed by atoms with Crippen LogP contribution in [0.15, 0.2) is 42.5 Å². The maximum atomic E-state index is 14.7. The number of ether oxygens (including phenoxy) is 1. The molecule has 0 aliphatic carbocycles. The van der Waals surface area contributed by atoms with Crippen LogP contribution < -0.4 is 9.16 Å². The van der Waals surface area contributed by atoms with E-state index < -0.39 is 8.32 Å². The van der Waals surface area contributed by atoms with Gasteiger partial charge in [0, 0.05) is 9.58 Å². The number of methoxy groups -OCH3 is 1. The van der Waals surface area contributed by atoms with Gasteiger partial charge in [0.2, 0.25) is 0 Å². The summed E-state index contributed by atoms with van der Waals surface area (Å²) in [5.41, 5.74) is 0.866. The van der Waals surface area contributed by atoms with E-state index in [0.29, 0.717) is 5.75 Å². The molecular formula is C21H25FO2SSi. The number of benzene rings is 2. The van der Waals surface area contributed by atoms with Crippen molar-refractivity contribution in [2.75, 3.05) is 7.11 Å². The minimum atomic E-state index is -2.06. The minimum absolute atomic E-state index is 0.0304.